The summed E-state index contributed by atoms with van der Waals surface area (Å²) in [6, 6.07) is 0.0925. The fourth-order valence-electron chi connectivity index (χ4n) is 1.17. The monoisotopic (exact) mass is 187 g/mol. The number of nitrogens with one attached hydrogen (secondary N) is 1. The molecule has 1 rings (SSSR count). The Morgan fingerprint density at radius 2 is 2.50 bits per heavy atom. The van der Waals surface area contributed by atoms with Crippen molar-refractivity contribution in [2.24, 2.45) is 0 Å². The normalized spacial score (nSPS) is 22.0. The first-order valence-corrected chi connectivity index (χ1v) is 5.22. The molecule has 4 heteroatoms. The summed E-state index contributed by atoms with van der Waals surface area (Å²) in [6.45, 7) is 0. The summed E-state index contributed by atoms with van der Waals surface area (Å²) < 4.78 is 5.06. The van der Waals surface area contributed by atoms with Gasteiger partial charge in [-0.1, -0.05) is 0 Å². The number of ether oxygens (including phenoxy) is 1. The highest BCUT2D eigenvalue weighted by atomic mass is 32.2. The second kappa shape index (κ2) is 4.40. The van der Waals surface area contributed by atoms with E-state index in [9.17, 15) is 4.79 Å². The Kier molecular flexibility index (Phi) is 3.47. The molecule has 1 aliphatic rings. The van der Waals surface area contributed by atoms with Crippen molar-refractivity contribution in [3.63, 3.8) is 0 Å². The first kappa shape index (κ1) is 9.45. The third kappa shape index (κ3) is 2.17. The summed E-state index contributed by atoms with van der Waals surface area (Å²) in [6.07, 6.45) is 4.50. The molecule has 0 bridgehead atoms. The second-order valence-electron chi connectivity index (χ2n) is 2.59. The number of carbonyl (C=O) groups is 1. The van der Waals surface area contributed by atoms with Crippen molar-refractivity contribution in [1.82, 2.24) is 5.32 Å². The van der Waals surface area contributed by atoms with Gasteiger partial charge in [-0.15, -0.1) is 0 Å². The molecule has 1 heterocycles. The molecule has 0 aliphatic carbocycles. The molecule has 0 aromatic heterocycles. The van der Waals surface area contributed by atoms with E-state index in [4.69, 9.17) is 4.74 Å². The minimum absolute atomic E-state index is 0.0436. The van der Waals surface area contributed by atoms with Crippen LogP contribution < -0.4 is 5.32 Å². The smallest absolute Gasteiger partial charge is 0.248 e. The van der Waals surface area contributed by atoms with Crippen molar-refractivity contribution in [3.05, 3.63) is 11.8 Å². The molecule has 68 valence electrons. The van der Waals surface area contributed by atoms with Gasteiger partial charge in [-0.25, -0.2) is 0 Å². The molecule has 1 atom stereocenters. The average Bonchev–Trinajstić information content (AvgIpc) is 2.42. The fourth-order valence-corrected chi connectivity index (χ4v) is 1.64. The summed E-state index contributed by atoms with van der Waals surface area (Å²) in [7, 11) is 1.60. The maximum atomic E-state index is 10.9. The van der Waals surface area contributed by atoms with Gasteiger partial charge >= 0.3 is 0 Å². The fraction of sp³-hybridized carbons (Fsp3) is 0.625. The minimum Gasteiger partial charge on any atom is -0.499 e. The van der Waals surface area contributed by atoms with Crippen LogP contribution in [0, 0.1) is 0 Å². The number of hydrogen-bond donors (Lipinski definition) is 1. The predicted octanol–water partition coefficient (Wildman–Crippen LogP) is 0.768. The lowest BCUT2D eigenvalue weighted by molar-refractivity contribution is -0.116. The summed E-state index contributed by atoms with van der Waals surface area (Å²) in [4.78, 5) is 10.9. The molecule has 0 aromatic carbocycles. The third-order valence-corrected chi connectivity index (χ3v) is 2.42. The molecule has 0 fully saturated rings. The van der Waals surface area contributed by atoms with Gasteiger partial charge in [-0.2, -0.15) is 11.8 Å². The Morgan fingerprint density at radius 3 is 3.08 bits per heavy atom. The first-order valence-electron chi connectivity index (χ1n) is 3.83. The van der Waals surface area contributed by atoms with E-state index in [2.05, 4.69) is 5.32 Å². The lowest BCUT2D eigenvalue weighted by atomic mass is 10.2. The largest absolute Gasteiger partial charge is 0.499 e. The standard InChI is InChI=1S/C8H13NO2S/c1-11-7-5-8(10)9-6(7)3-4-12-2/h5-6H,3-4H2,1-2H3,(H,9,10)/t6-/m1/s1. The van der Waals surface area contributed by atoms with Crippen LogP contribution in [0.5, 0.6) is 0 Å². The van der Waals surface area contributed by atoms with Gasteiger partial charge in [0.15, 0.2) is 0 Å². The highest BCUT2D eigenvalue weighted by molar-refractivity contribution is 7.98. The van der Waals surface area contributed by atoms with Crippen LogP contribution in [0.15, 0.2) is 11.8 Å². The number of carbonyl (C=O) groups excluding carboxylic acids is 1. The van der Waals surface area contributed by atoms with E-state index in [0.717, 1.165) is 17.9 Å². The van der Waals surface area contributed by atoms with E-state index in [1.807, 2.05) is 6.26 Å². The Hall–Kier alpha value is -0.640. The topological polar surface area (TPSA) is 38.3 Å². The van der Waals surface area contributed by atoms with E-state index in [1.54, 1.807) is 18.9 Å². The maximum Gasteiger partial charge on any atom is 0.248 e. The van der Waals surface area contributed by atoms with Crippen LogP contribution in [0.1, 0.15) is 6.42 Å². The molecule has 0 saturated carbocycles. The van der Waals surface area contributed by atoms with E-state index < -0.39 is 0 Å². The van der Waals surface area contributed by atoms with Crippen LogP contribution in [-0.2, 0) is 9.53 Å². The molecule has 0 aromatic rings. The van der Waals surface area contributed by atoms with E-state index in [1.165, 1.54) is 6.08 Å². The van der Waals surface area contributed by atoms with Crippen LogP contribution in [-0.4, -0.2) is 31.1 Å². The summed E-state index contributed by atoms with van der Waals surface area (Å²) >= 11 is 1.77. The molecule has 0 spiro atoms. The van der Waals surface area contributed by atoms with E-state index in [0.29, 0.717) is 0 Å². The van der Waals surface area contributed by atoms with Crippen LogP contribution in [0.3, 0.4) is 0 Å². The van der Waals surface area contributed by atoms with Gasteiger partial charge in [0.25, 0.3) is 0 Å². The lowest BCUT2D eigenvalue weighted by Gasteiger charge is -2.12. The summed E-state index contributed by atoms with van der Waals surface area (Å²) in [5, 5.41) is 2.82. The maximum absolute atomic E-state index is 10.9. The van der Waals surface area contributed by atoms with Crippen molar-refractivity contribution >= 4 is 17.7 Å². The van der Waals surface area contributed by atoms with Crippen molar-refractivity contribution in [3.8, 4) is 0 Å². The molecular weight excluding hydrogens is 174 g/mol. The van der Waals surface area contributed by atoms with Crippen molar-refractivity contribution in [2.75, 3.05) is 19.1 Å². The number of rotatable bonds is 4. The molecular formula is C8H13NO2S. The van der Waals surface area contributed by atoms with Gasteiger partial charge in [0.05, 0.1) is 13.2 Å². The molecule has 1 aliphatic heterocycles. The van der Waals surface area contributed by atoms with Gasteiger partial charge in [0.1, 0.15) is 5.76 Å². The van der Waals surface area contributed by atoms with Crippen molar-refractivity contribution in [1.29, 1.82) is 0 Å². The average molecular weight is 187 g/mol. The Bertz CT molecular complexity index is 203. The number of methoxy groups -OCH3 is 1. The lowest BCUT2D eigenvalue weighted by Crippen LogP contribution is -2.29. The Balaban J connectivity index is 2.45. The Morgan fingerprint density at radius 1 is 1.75 bits per heavy atom. The molecule has 12 heavy (non-hydrogen) atoms. The molecule has 0 saturated heterocycles. The third-order valence-electron chi connectivity index (χ3n) is 1.78. The van der Waals surface area contributed by atoms with Gasteiger partial charge in [0.2, 0.25) is 5.91 Å². The SMILES string of the molecule is COC1=CC(=O)N[C@@H]1CCSC. The Labute approximate surface area is 76.5 Å². The van der Waals surface area contributed by atoms with E-state index >= 15 is 0 Å². The molecule has 0 unspecified atom stereocenters. The zero-order valence-electron chi connectivity index (χ0n) is 7.29. The van der Waals surface area contributed by atoms with Crippen LogP contribution in [0.25, 0.3) is 0 Å². The molecule has 3 nitrogen and oxygen atoms in total. The second-order valence-corrected chi connectivity index (χ2v) is 3.58. The van der Waals surface area contributed by atoms with Gasteiger partial charge < -0.3 is 10.1 Å². The minimum atomic E-state index is -0.0436. The van der Waals surface area contributed by atoms with Gasteiger partial charge in [-0.05, 0) is 18.4 Å². The quantitative estimate of drug-likeness (QED) is 0.706. The van der Waals surface area contributed by atoms with Crippen molar-refractivity contribution in [2.45, 2.75) is 12.5 Å². The summed E-state index contributed by atoms with van der Waals surface area (Å²) in [5.74, 6) is 1.75. The molecule has 1 N–H and O–H groups in total. The zero-order valence-corrected chi connectivity index (χ0v) is 8.11. The highest BCUT2D eigenvalue weighted by Gasteiger charge is 2.23. The first-order chi connectivity index (χ1) is 5.77. The molecule has 0 radical (unpaired) electrons. The van der Waals surface area contributed by atoms with Gasteiger partial charge in [-0.3, -0.25) is 4.79 Å². The molecule has 1 amide bonds. The highest BCUT2D eigenvalue weighted by Crippen LogP contribution is 2.14. The predicted molar refractivity (Wildman–Crippen MR) is 50.0 cm³/mol. The van der Waals surface area contributed by atoms with Crippen molar-refractivity contribution < 1.29 is 9.53 Å². The number of thioether (sulfide) groups is 1. The summed E-state index contributed by atoms with van der Waals surface area (Å²) in [5.41, 5.74) is 0. The van der Waals surface area contributed by atoms with Crippen LogP contribution in [0.2, 0.25) is 0 Å². The zero-order chi connectivity index (χ0) is 8.97. The van der Waals surface area contributed by atoms with Gasteiger partial charge in [0, 0.05) is 6.08 Å². The van der Waals surface area contributed by atoms with Crippen LogP contribution in [0.4, 0.5) is 0 Å². The number of hydrogen-bond acceptors (Lipinski definition) is 3. The van der Waals surface area contributed by atoms with Crippen LogP contribution >= 0.6 is 11.8 Å². The number of amides is 1. The van der Waals surface area contributed by atoms with E-state index in [-0.39, 0.29) is 11.9 Å².